The lowest BCUT2D eigenvalue weighted by Gasteiger charge is -2.52. The fraction of sp³-hybridized carbons (Fsp3) is 0.476. The highest BCUT2D eigenvalue weighted by Crippen LogP contribution is 2.50. The molecule has 1 saturated heterocycles. The number of halogens is 2. The van der Waals surface area contributed by atoms with Gasteiger partial charge in [0.05, 0.1) is 11.6 Å². The van der Waals surface area contributed by atoms with Crippen molar-refractivity contribution in [2.45, 2.75) is 38.4 Å². The van der Waals surface area contributed by atoms with Crippen molar-refractivity contribution in [3.63, 3.8) is 0 Å². The van der Waals surface area contributed by atoms with Crippen molar-refractivity contribution in [3.05, 3.63) is 46.6 Å². The number of nitrogens with one attached hydrogen (secondary N) is 1. The van der Waals surface area contributed by atoms with Gasteiger partial charge >= 0.3 is 6.09 Å². The van der Waals surface area contributed by atoms with Crippen molar-refractivity contribution in [1.82, 2.24) is 15.4 Å². The summed E-state index contributed by atoms with van der Waals surface area (Å²) in [5.41, 5.74) is 0.0994. The van der Waals surface area contributed by atoms with Crippen LogP contribution in [0.3, 0.4) is 0 Å². The van der Waals surface area contributed by atoms with E-state index in [4.69, 9.17) is 25.6 Å². The van der Waals surface area contributed by atoms with Gasteiger partial charge in [0.25, 0.3) is 5.91 Å². The molecule has 0 radical (unpaired) electrons. The van der Waals surface area contributed by atoms with Gasteiger partial charge in [-0.25, -0.2) is 9.18 Å². The van der Waals surface area contributed by atoms with E-state index in [1.54, 1.807) is 11.0 Å². The number of hydrogen-bond donors (Lipinski definition) is 1. The van der Waals surface area contributed by atoms with Gasteiger partial charge < -0.3 is 24.2 Å². The molecule has 31 heavy (non-hydrogen) atoms. The van der Waals surface area contributed by atoms with Crippen LogP contribution in [-0.4, -0.2) is 48.3 Å². The Morgan fingerprint density at radius 2 is 2.16 bits per heavy atom. The van der Waals surface area contributed by atoms with Gasteiger partial charge in [-0.3, -0.25) is 4.79 Å². The van der Waals surface area contributed by atoms with Crippen molar-refractivity contribution in [2.75, 3.05) is 20.1 Å². The van der Waals surface area contributed by atoms with Crippen LogP contribution in [-0.2, 0) is 11.3 Å². The van der Waals surface area contributed by atoms with Gasteiger partial charge in [0.2, 0.25) is 0 Å². The lowest BCUT2D eigenvalue weighted by Crippen LogP contribution is -2.57. The number of rotatable bonds is 5. The maximum atomic E-state index is 13.8. The average Bonchev–Trinajstić information content (AvgIpc) is 3.22. The monoisotopic (exact) mass is 451 g/mol. The normalized spacial score (nSPS) is 19.6. The van der Waals surface area contributed by atoms with E-state index < -0.39 is 11.9 Å². The highest BCUT2D eigenvalue weighted by atomic mass is 35.5. The summed E-state index contributed by atoms with van der Waals surface area (Å²) in [4.78, 5) is 25.7. The third-order valence-electron chi connectivity index (χ3n) is 6.08. The number of ether oxygens (including phenoxy) is 2. The van der Waals surface area contributed by atoms with Gasteiger partial charge in [-0.05, 0) is 31.4 Å². The summed E-state index contributed by atoms with van der Waals surface area (Å²) in [5.74, 6) is -0.278. The van der Waals surface area contributed by atoms with E-state index in [9.17, 15) is 14.0 Å². The van der Waals surface area contributed by atoms with Crippen LogP contribution in [0.15, 0.2) is 28.8 Å². The zero-order chi connectivity index (χ0) is 22.0. The Kier molecular flexibility index (Phi) is 6.04. The number of piperidine rings is 1. The van der Waals surface area contributed by atoms with E-state index in [0.717, 1.165) is 25.7 Å². The molecular weight excluding hydrogens is 429 g/mol. The van der Waals surface area contributed by atoms with Gasteiger partial charge in [0.1, 0.15) is 17.7 Å². The number of aromatic nitrogens is 1. The van der Waals surface area contributed by atoms with Gasteiger partial charge in [-0.1, -0.05) is 23.2 Å². The largest absolute Gasteiger partial charge is 0.488 e. The van der Waals surface area contributed by atoms with Crippen LogP contribution in [0.25, 0.3) is 0 Å². The third-order valence-corrected chi connectivity index (χ3v) is 6.39. The second-order valence-corrected chi connectivity index (χ2v) is 8.31. The van der Waals surface area contributed by atoms with Crippen LogP contribution in [0.5, 0.6) is 5.75 Å². The zero-order valence-electron chi connectivity index (χ0n) is 17.0. The van der Waals surface area contributed by atoms with E-state index in [1.165, 1.54) is 25.2 Å². The molecule has 1 atom stereocenters. The number of carbonyl (C=O) groups is 2. The van der Waals surface area contributed by atoms with Crippen LogP contribution in [0.1, 0.15) is 41.9 Å². The zero-order valence-corrected chi connectivity index (χ0v) is 17.8. The molecule has 1 aliphatic heterocycles. The van der Waals surface area contributed by atoms with E-state index in [1.807, 2.05) is 0 Å². The molecule has 1 saturated carbocycles. The molecule has 166 valence electrons. The van der Waals surface area contributed by atoms with Crippen LogP contribution < -0.4 is 10.1 Å². The fourth-order valence-electron chi connectivity index (χ4n) is 4.09. The molecule has 1 spiro atoms. The number of likely N-dealkylation sites (tertiary alicyclic amines) is 1. The van der Waals surface area contributed by atoms with Crippen molar-refractivity contribution in [1.29, 1.82) is 0 Å². The number of carbonyl (C=O) groups excluding carboxylic acids is 2. The second kappa shape index (κ2) is 8.74. The Morgan fingerprint density at radius 1 is 1.35 bits per heavy atom. The van der Waals surface area contributed by atoms with E-state index in [0.29, 0.717) is 18.8 Å². The van der Waals surface area contributed by atoms with Gasteiger partial charge in [0.15, 0.2) is 18.1 Å². The SMILES string of the molecule is CNC(=O)c1cc(COC(=O)N2CCC3(CCC3)C(Oc3ccc(Cl)c(F)c3)C2)on1. The maximum absolute atomic E-state index is 13.8. The predicted octanol–water partition coefficient (Wildman–Crippen LogP) is 3.79. The fourth-order valence-corrected chi connectivity index (χ4v) is 4.21. The lowest BCUT2D eigenvalue weighted by atomic mass is 9.61. The van der Waals surface area contributed by atoms with Crippen LogP contribution in [0.4, 0.5) is 9.18 Å². The summed E-state index contributed by atoms with van der Waals surface area (Å²) in [6.07, 6.45) is 3.13. The molecule has 0 bridgehead atoms. The molecule has 2 heterocycles. The van der Waals surface area contributed by atoms with Gasteiger partial charge in [-0.15, -0.1) is 0 Å². The molecular formula is C21H23ClFN3O5. The molecule has 1 unspecified atom stereocenters. The molecule has 1 aromatic heterocycles. The number of benzene rings is 1. The van der Waals surface area contributed by atoms with Crippen molar-refractivity contribution >= 4 is 23.6 Å². The molecule has 1 aliphatic carbocycles. The van der Waals surface area contributed by atoms with E-state index in [2.05, 4.69) is 10.5 Å². The summed E-state index contributed by atoms with van der Waals surface area (Å²) in [6.45, 7) is 0.745. The maximum Gasteiger partial charge on any atom is 0.410 e. The summed E-state index contributed by atoms with van der Waals surface area (Å²) >= 11 is 5.76. The van der Waals surface area contributed by atoms with Gasteiger partial charge in [-0.2, -0.15) is 0 Å². The summed E-state index contributed by atoms with van der Waals surface area (Å²) in [7, 11) is 1.48. The Balaban J connectivity index is 1.38. The Hall–Kier alpha value is -2.81. The molecule has 1 N–H and O–H groups in total. The van der Waals surface area contributed by atoms with E-state index in [-0.39, 0.29) is 40.5 Å². The minimum Gasteiger partial charge on any atom is -0.488 e. The number of amides is 2. The van der Waals surface area contributed by atoms with Crippen molar-refractivity contribution in [2.24, 2.45) is 5.41 Å². The van der Waals surface area contributed by atoms with Crippen LogP contribution >= 0.6 is 11.6 Å². The van der Waals surface area contributed by atoms with Crippen molar-refractivity contribution < 1.29 is 28.0 Å². The summed E-state index contributed by atoms with van der Waals surface area (Å²) in [6, 6.07) is 5.77. The highest BCUT2D eigenvalue weighted by Gasteiger charge is 2.49. The topological polar surface area (TPSA) is 93.9 Å². The minimum atomic E-state index is -0.544. The number of nitrogens with zero attached hydrogens (tertiary/aromatic N) is 2. The molecule has 10 heteroatoms. The summed E-state index contributed by atoms with van der Waals surface area (Å²) in [5, 5.41) is 6.11. The highest BCUT2D eigenvalue weighted by molar-refractivity contribution is 6.30. The van der Waals surface area contributed by atoms with Gasteiger partial charge in [0, 0.05) is 31.1 Å². The van der Waals surface area contributed by atoms with Crippen LogP contribution in [0.2, 0.25) is 5.02 Å². The first-order valence-corrected chi connectivity index (χ1v) is 10.5. The molecule has 8 nitrogen and oxygen atoms in total. The quantitative estimate of drug-likeness (QED) is 0.743. The standard InChI is InChI=1S/C21H23ClFN3O5/c1-24-19(27)17-10-14(31-25-17)12-29-20(28)26-8-7-21(5-2-6-21)18(11-26)30-13-3-4-15(22)16(23)9-13/h3-4,9-10,18H,2,5-8,11-12H2,1H3,(H,24,27). The average molecular weight is 452 g/mol. The van der Waals surface area contributed by atoms with E-state index >= 15 is 0 Å². The molecule has 2 aliphatic rings. The molecule has 2 fully saturated rings. The lowest BCUT2D eigenvalue weighted by molar-refractivity contribution is -0.0736. The first-order chi connectivity index (χ1) is 14.9. The molecule has 2 aromatic rings. The van der Waals surface area contributed by atoms with Crippen molar-refractivity contribution in [3.8, 4) is 5.75 Å². The Morgan fingerprint density at radius 3 is 2.84 bits per heavy atom. The predicted molar refractivity (Wildman–Crippen MR) is 108 cm³/mol. The first kappa shape index (κ1) is 21.4. The molecule has 2 amide bonds. The molecule has 4 rings (SSSR count). The Labute approximate surface area is 183 Å². The first-order valence-electron chi connectivity index (χ1n) is 10.1. The summed E-state index contributed by atoms with van der Waals surface area (Å²) < 4.78 is 30.3. The smallest absolute Gasteiger partial charge is 0.410 e. The third kappa shape index (κ3) is 4.46. The second-order valence-electron chi connectivity index (χ2n) is 7.91. The minimum absolute atomic E-state index is 0.0137. The van der Waals surface area contributed by atoms with Crippen LogP contribution in [0, 0.1) is 11.2 Å². The Bertz CT molecular complexity index is 978. The number of hydrogen-bond acceptors (Lipinski definition) is 6. The molecule has 1 aromatic carbocycles.